The molecule has 0 atom stereocenters. The maximum absolute atomic E-state index is 12.3. The summed E-state index contributed by atoms with van der Waals surface area (Å²) in [6, 6.07) is 3.25. The van der Waals surface area contributed by atoms with Gasteiger partial charge in [0.2, 0.25) is 10.0 Å². The van der Waals surface area contributed by atoms with Crippen molar-refractivity contribution in [1.29, 1.82) is 0 Å². The number of aryl methyl sites for hydroxylation is 1. The van der Waals surface area contributed by atoms with Crippen molar-refractivity contribution >= 4 is 16.0 Å². The Morgan fingerprint density at radius 3 is 2.45 bits per heavy atom. The highest BCUT2D eigenvalue weighted by Crippen LogP contribution is 2.10. The number of pyridine rings is 1. The van der Waals surface area contributed by atoms with Gasteiger partial charge in [-0.1, -0.05) is 0 Å². The van der Waals surface area contributed by atoms with Crippen molar-refractivity contribution in [1.82, 2.24) is 9.29 Å². The Kier molecular flexibility index (Phi) is 6.09. The highest BCUT2D eigenvalue weighted by atomic mass is 32.2. The van der Waals surface area contributed by atoms with Crippen LogP contribution in [-0.2, 0) is 26.0 Å². The van der Waals surface area contributed by atoms with Gasteiger partial charge in [-0.15, -0.1) is 0 Å². The van der Waals surface area contributed by atoms with E-state index in [-0.39, 0.29) is 18.3 Å². The van der Waals surface area contributed by atoms with Gasteiger partial charge in [-0.2, -0.15) is 4.31 Å². The number of hydrogen-bond donors (Lipinski definition) is 0. The molecule has 1 rings (SSSR count). The summed E-state index contributed by atoms with van der Waals surface area (Å²) in [4.78, 5) is 15.2. The Bertz CT molecular complexity index is 529. The summed E-state index contributed by atoms with van der Waals surface area (Å²) in [5.41, 5.74) is 0.894. The van der Waals surface area contributed by atoms with E-state index in [0.717, 1.165) is 5.56 Å². The zero-order valence-corrected chi connectivity index (χ0v) is 12.8. The maximum atomic E-state index is 12.3. The summed E-state index contributed by atoms with van der Waals surface area (Å²) in [6.07, 6.45) is 3.63. The molecule has 1 aromatic heterocycles. The average molecular weight is 300 g/mol. The maximum Gasteiger partial charge on any atom is 0.321 e. The minimum absolute atomic E-state index is 0.0494. The van der Waals surface area contributed by atoms with E-state index in [1.807, 2.05) is 0 Å². The third-order valence-electron chi connectivity index (χ3n) is 2.84. The van der Waals surface area contributed by atoms with Crippen molar-refractivity contribution in [3.05, 3.63) is 30.1 Å². The van der Waals surface area contributed by atoms with Crippen molar-refractivity contribution < 1.29 is 17.9 Å². The van der Waals surface area contributed by atoms with Gasteiger partial charge in [0.05, 0.1) is 12.9 Å². The first-order chi connectivity index (χ1) is 9.36. The first-order valence-electron chi connectivity index (χ1n) is 6.32. The number of nitrogens with zero attached hydrogens (tertiary/aromatic N) is 2. The molecule has 0 unspecified atom stereocenters. The fourth-order valence-electron chi connectivity index (χ4n) is 1.71. The van der Waals surface area contributed by atoms with E-state index in [9.17, 15) is 13.2 Å². The van der Waals surface area contributed by atoms with E-state index in [1.165, 1.54) is 11.4 Å². The Hall–Kier alpha value is -1.47. The molecule has 0 N–H and O–H groups in total. The first-order valence-corrected chi connectivity index (χ1v) is 7.93. The normalized spacial score (nSPS) is 11.8. The second-order valence-electron chi connectivity index (χ2n) is 4.64. The Labute approximate surface area is 119 Å². The zero-order chi connectivity index (χ0) is 15.2. The van der Waals surface area contributed by atoms with Crippen LogP contribution in [0, 0.1) is 0 Å². The lowest BCUT2D eigenvalue weighted by Gasteiger charge is -2.24. The van der Waals surface area contributed by atoms with Crippen LogP contribution in [0.4, 0.5) is 0 Å². The van der Waals surface area contributed by atoms with Gasteiger partial charge in [0.1, 0.15) is 6.54 Å². The third-order valence-corrected chi connectivity index (χ3v) is 4.83. The smallest absolute Gasteiger partial charge is 0.321 e. The zero-order valence-electron chi connectivity index (χ0n) is 11.9. The number of esters is 1. The van der Waals surface area contributed by atoms with Crippen LogP contribution >= 0.6 is 0 Å². The third kappa shape index (κ3) is 4.90. The van der Waals surface area contributed by atoms with Gasteiger partial charge >= 0.3 is 5.97 Å². The monoisotopic (exact) mass is 300 g/mol. The number of carbonyl (C=O) groups excluding carboxylic acids is 1. The molecule has 6 nitrogen and oxygen atoms in total. The van der Waals surface area contributed by atoms with E-state index in [1.54, 1.807) is 38.4 Å². The summed E-state index contributed by atoms with van der Waals surface area (Å²) in [5.74, 6) is -0.613. The SMILES string of the molecule is COC(=O)CN(C(C)C)S(=O)(=O)CCc1ccncc1. The summed E-state index contributed by atoms with van der Waals surface area (Å²) in [7, 11) is -2.27. The number of carbonyl (C=O) groups is 1. The number of ether oxygens (including phenoxy) is 1. The van der Waals surface area contributed by atoms with Gasteiger partial charge in [0.25, 0.3) is 0 Å². The van der Waals surface area contributed by atoms with Crippen molar-refractivity contribution in [2.45, 2.75) is 26.3 Å². The van der Waals surface area contributed by atoms with Gasteiger partial charge in [-0.05, 0) is 38.0 Å². The van der Waals surface area contributed by atoms with Crippen LogP contribution in [-0.4, -0.2) is 49.1 Å². The lowest BCUT2D eigenvalue weighted by Crippen LogP contribution is -2.42. The number of rotatable bonds is 7. The number of aromatic nitrogens is 1. The van der Waals surface area contributed by atoms with E-state index in [2.05, 4.69) is 9.72 Å². The number of hydrogen-bond acceptors (Lipinski definition) is 5. The fourth-order valence-corrected chi connectivity index (χ4v) is 3.38. The molecule has 0 radical (unpaired) electrons. The highest BCUT2D eigenvalue weighted by Gasteiger charge is 2.27. The number of sulfonamides is 1. The second-order valence-corrected chi connectivity index (χ2v) is 6.68. The Morgan fingerprint density at radius 2 is 1.95 bits per heavy atom. The van der Waals surface area contributed by atoms with Crippen molar-refractivity contribution in [2.75, 3.05) is 19.4 Å². The molecule has 0 saturated carbocycles. The van der Waals surface area contributed by atoms with Crippen molar-refractivity contribution in [2.24, 2.45) is 0 Å². The highest BCUT2D eigenvalue weighted by molar-refractivity contribution is 7.89. The van der Waals surface area contributed by atoms with Crippen LogP contribution in [0.1, 0.15) is 19.4 Å². The van der Waals surface area contributed by atoms with E-state index in [4.69, 9.17) is 0 Å². The molecule has 0 aliphatic rings. The second kappa shape index (κ2) is 7.35. The molecule has 0 amide bonds. The molecular weight excluding hydrogens is 280 g/mol. The predicted octanol–water partition coefficient (Wildman–Crippen LogP) is 0.837. The molecule has 112 valence electrons. The standard InChI is InChI=1S/C13H20N2O4S/c1-11(2)15(10-13(16)19-3)20(17,18)9-6-12-4-7-14-8-5-12/h4-5,7-8,11H,6,9-10H2,1-3H3. The minimum atomic E-state index is -3.51. The Morgan fingerprint density at radius 1 is 1.35 bits per heavy atom. The summed E-state index contributed by atoms with van der Waals surface area (Å²) >= 11 is 0. The van der Waals surface area contributed by atoms with Crippen LogP contribution < -0.4 is 0 Å². The molecule has 20 heavy (non-hydrogen) atoms. The van der Waals surface area contributed by atoms with Gasteiger partial charge in [-0.3, -0.25) is 9.78 Å². The molecule has 0 fully saturated rings. The molecule has 0 aliphatic heterocycles. The Balaban J connectivity index is 2.75. The first kappa shape index (κ1) is 16.6. The van der Waals surface area contributed by atoms with Gasteiger partial charge in [0.15, 0.2) is 0 Å². The fraction of sp³-hybridized carbons (Fsp3) is 0.538. The summed E-state index contributed by atoms with van der Waals surface area (Å²) in [6.45, 7) is 3.20. The van der Waals surface area contributed by atoms with Crippen LogP contribution in [0.15, 0.2) is 24.5 Å². The molecule has 0 spiro atoms. The van der Waals surface area contributed by atoms with E-state index in [0.29, 0.717) is 6.42 Å². The molecule has 1 aromatic rings. The van der Waals surface area contributed by atoms with Crippen molar-refractivity contribution in [3.8, 4) is 0 Å². The lowest BCUT2D eigenvalue weighted by molar-refractivity contribution is -0.141. The largest absolute Gasteiger partial charge is 0.468 e. The van der Waals surface area contributed by atoms with Gasteiger partial charge < -0.3 is 4.74 Å². The lowest BCUT2D eigenvalue weighted by atomic mass is 10.2. The number of methoxy groups -OCH3 is 1. The molecule has 1 heterocycles. The van der Waals surface area contributed by atoms with Crippen LogP contribution in [0.25, 0.3) is 0 Å². The quantitative estimate of drug-likeness (QED) is 0.697. The molecule has 0 aliphatic carbocycles. The molecule has 0 saturated heterocycles. The van der Waals surface area contributed by atoms with Gasteiger partial charge in [-0.25, -0.2) is 8.42 Å². The van der Waals surface area contributed by atoms with Crippen molar-refractivity contribution in [3.63, 3.8) is 0 Å². The van der Waals surface area contributed by atoms with Crippen LogP contribution in [0.5, 0.6) is 0 Å². The average Bonchev–Trinajstić information content (AvgIpc) is 2.43. The molecule has 7 heteroatoms. The summed E-state index contributed by atoms with van der Waals surface area (Å²) in [5, 5.41) is 0. The van der Waals surface area contributed by atoms with E-state index >= 15 is 0 Å². The summed E-state index contributed by atoms with van der Waals surface area (Å²) < 4.78 is 30.3. The molecule has 0 bridgehead atoms. The molecular formula is C13H20N2O4S. The minimum Gasteiger partial charge on any atom is -0.468 e. The van der Waals surface area contributed by atoms with E-state index < -0.39 is 16.0 Å². The van der Waals surface area contributed by atoms with Gasteiger partial charge in [0, 0.05) is 18.4 Å². The topological polar surface area (TPSA) is 76.6 Å². The predicted molar refractivity (Wildman–Crippen MR) is 75.6 cm³/mol. The van der Waals surface area contributed by atoms with Crippen LogP contribution in [0.2, 0.25) is 0 Å². The molecule has 0 aromatic carbocycles. The van der Waals surface area contributed by atoms with Crippen LogP contribution in [0.3, 0.4) is 0 Å².